The first-order valence-corrected chi connectivity index (χ1v) is 4.98. The fraction of sp³-hybridized carbons (Fsp3) is 0.714. The average Bonchev–Trinajstić information content (AvgIpc) is 2.76. The first-order chi connectivity index (χ1) is 6.33. The number of methoxy groups -OCH3 is 1. The molecule has 0 unspecified atom stereocenters. The predicted molar refractivity (Wildman–Crippen MR) is 53.0 cm³/mol. The Labute approximate surface area is 81.3 Å². The third-order valence-electron chi connectivity index (χ3n) is 1.55. The normalized spacial score (nSPS) is 14.8. The van der Waals surface area contributed by atoms with E-state index in [1.807, 2.05) is 0 Å². The lowest BCUT2D eigenvalue weighted by Gasteiger charge is -1.82. The van der Waals surface area contributed by atoms with Crippen LogP contribution in [-0.4, -0.2) is 30.4 Å². The van der Waals surface area contributed by atoms with Gasteiger partial charge in [0.15, 0.2) is 0 Å². The Morgan fingerprint density at radius 1 is 1.38 bits per heavy atom. The van der Waals surface area contributed by atoms with Crippen molar-refractivity contribution in [1.82, 2.24) is 15.5 Å². The van der Waals surface area contributed by atoms with E-state index in [1.54, 1.807) is 0 Å². The Morgan fingerprint density at radius 2 is 2.08 bits per heavy atom. The van der Waals surface area contributed by atoms with Crippen molar-refractivity contribution in [1.29, 1.82) is 0 Å². The van der Waals surface area contributed by atoms with Crippen molar-refractivity contribution in [3.05, 3.63) is 0 Å². The second kappa shape index (κ2) is 5.71. The number of nitrogens with zero attached hydrogens (tertiary/aromatic N) is 2. The molecule has 74 valence electrons. The fourth-order valence-corrected chi connectivity index (χ4v) is 1.35. The summed E-state index contributed by atoms with van der Waals surface area (Å²) in [6.07, 6.45) is 2.78. The van der Waals surface area contributed by atoms with E-state index in [9.17, 15) is 0 Å². The van der Waals surface area contributed by atoms with Gasteiger partial charge in [0.2, 0.25) is 5.13 Å². The van der Waals surface area contributed by atoms with Gasteiger partial charge in [-0.3, -0.25) is 0 Å². The molecule has 6 heteroatoms. The Kier molecular flexibility index (Phi) is 4.48. The summed E-state index contributed by atoms with van der Waals surface area (Å²) < 4.78 is 4.70. The zero-order chi connectivity index (χ0) is 9.52. The summed E-state index contributed by atoms with van der Waals surface area (Å²) in [6.45, 7) is 2.50. The molecular weight excluding hydrogens is 188 g/mol. The topological polar surface area (TPSA) is 73.1 Å². The zero-order valence-corrected chi connectivity index (χ0v) is 8.43. The fourth-order valence-electron chi connectivity index (χ4n) is 0.928. The molecule has 0 atom stereocenters. The van der Waals surface area contributed by atoms with Gasteiger partial charge in [0, 0.05) is 0 Å². The van der Waals surface area contributed by atoms with Crippen molar-refractivity contribution in [2.75, 3.05) is 25.9 Å². The Bertz CT molecular complexity index is 229. The van der Waals surface area contributed by atoms with Crippen LogP contribution in [0.25, 0.3) is 0 Å². The largest absolute Gasteiger partial charge is 0.472 e. The van der Waals surface area contributed by atoms with Gasteiger partial charge in [-0.2, -0.15) is 0 Å². The molecule has 1 aromatic rings. The quantitative estimate of drug-likeness (QED) is 0.693. The summed E-state index contributed by atoms with van der Waals surface area (Å²) in [4.78, 5) is 0. The van der Waals surface area contributed by atoms with Crippen LogP contribution in [0.15, 0.2) is 0 Å². The van der Waals surface area contributed by atoms with Gasteiger partial charge in [0.1, 0.15) is 0 Å². The summed E-state index contributed by atoms with van der Waals surface area (Å²) in [5.74, 6) is 0. The van der Waals surface area contributed by atoms with E-state index >= 15 is 0 Å². The Hall–Kier alpha value is -0.880. The molecule has 13 heavy (non-hydrogen) atoms. The molecule has 1 aliphatic heterocycles. The van der Waals surface area contributed by atoms with Gasteiger partial charge in [-0.05, 0) is 37.3 Å². The van der Waals surface area contributed by atoms with Crippen LogP contribution < -0.4 is 15.8 Å². The second-order valence-electron chi connectivity index (χ2n) is 2.57. The minimum Gasteiger partial charge on any atom is -0.472 e. The minimum absolute atomic E-state index is 0.432. The number of ether oxygens (including phenoxy) is 1. The molecule has 0 bridgehead atoms. The highest BCUT2D eigenvalue weighted by molar-refractivity contribution is 7.16. The highest BCUT2D eigenvalue weighted by Crippen LogP contribution is 2.17. The molecule has 0 radical (unpaired) electrons. The van der Waals surface area contributed by atoms with Gasteiger partial charge in [0.05, 0.1) is 7.11 Å². The lowest BCUT2D eigenvalue weighted by Crippen LogP contribution is -2.03. The summed E-state index contributed by atoms with van der Waals surface area (Å²) in [5, 5.41) is 11.2. The lowest BCUT2D eigenvalue weighted by molar-refractivity contribution is 0.407. The highest BCUT2D eigenvalue weighted by Gasteiger charge is 1.95. The molecule has 0 amide bonds. The Balaban J connectivity index is 0.000000145. The Morgan fingerprint density at radius 3 is 2.31 bits per heavy atom. The van der Waals surface area contributed by atoms with Gasteiger partial charge >= 0.3 is 0 Å². The van der Waals surface area contributed by atoms with E-state index in [1.165, 1.54) is 44.4 Å². The molecule has 5 nitrogen and oxygen atoms in total. The van der Waals surface area contributed by atoms with Crippen LogP contribution in [0.5, 0.6) is 5.19 Å². The van der Waals surface area contributed by atoms with Gasteiger partial charge < -0.3 is 15.8 Å². The molecule has 0 aliphatic carbocycles. The number of rotatable bonds is 1. The molecule has 0 aromatic carbocycles. The monoisotopic (exact) mass is 202 g/mol. The molecule has 0 saturated carbocycles. The maximum atomic E-state index is 5.22. The molecule has 2 rings (SSSR count). The van der Waals surface area contributed by atoms with Gasteiger partial charge in [-0.1, -0.05) is 5.10 Å². The van der Waals surface area contributed by atoms with Crippen LogP contribution in [-0.2, 0) is 0 Å². The second-order valence-corrected chi connectivity index (χ2v) is 3.54. The summed E-state index contributed by atoms with van der Waals surface area (Å²) >= 11 is 1.22. The molecule has 1 fully saturated rings. The van der Waals surface area contributed by atoms with Gasteiger partial charge in [-0.15, -0.1) is 5.10 Å². The third-order valence-corrected chi connectivity index (χ3v) is 2.27. The number of nitrogen functional groups attached to an aromatic ring is 1. The van der Waals surface area contributed by atoms with Crippen LogP contribution in [0.4, 0.5) is 5.13 Å². The number of hydrogen-bond acceptors (Lipinski definition) is 6. The maximum absolute atomic E-state index is 5.22. The summed E-state index contributed by atoms with van der Waals surface area (Å²) in [5.41, 5.74) is 5.22. The molecule has 1 saturated heterocycles. The van der Waals surface area contributed by atoms with Crippen molar-refractivity contribution >= 4 is 16.5 Å². The summed E-state index contributed by atoms with van der Waals surface area (Å²) in [7, 11) is 1.53. The molecule has 3 N–H and O–H groups in total. The van der Waals surface area contributed by atoms with Crippen molar-refractivity contribution in [2.24, 2.45) is 0 Å². The minimum atomic E-state index is 0.432. The van der Waals surface area contributed by atoms with Crippen LogP contribution in [0, 0.1) is 0 Å². The smallest absolute Gasteiger partial charge is 0.295 e. The molecule has 2 heterocycles. The van der Waals surface area contributed by atoms with Crippen molar-refractivity contribution in [2.45, 2.75) is 12.8 Å². The molecule has 1 aliphatic rings. The number of hydrogen-bond donors (Lipinski definition) is 2. The average molecular weight is 202 g/mol. The van der Waals surface area contributed by atoms with Crippen LogP contribution in [0.3, 0.4) is 0 Å². The number of anilines is 1. The lowest BCUT2D eigenvalue weighted by atomic mass is 10.4. The maximum Gasteiger partial charge on any atom is 0.295 e. The first kappa shape index (κ1) is 10.2. The van der Waals surface area contributed by atoms with Crippen LogP contribution in [0.2, 0.25) is 0 Å². The standard InChI is InChI=1S/C4H9N.C3H5N3OS/c1-2-4-5-3-1;1-7-3-6-5-2(4)8-3/h5H,1-4H2;1H3,(H2,4,5). The van der Waals surface area contributed by atoms with Crippen LogP contribution in [0.1, 0.15) is 12.8 Å². The van der Waals surface area contributed by atoms with Crippen molar-refractivity contribution in [3.8, 4) is 5.19 Å². The third kappa shape index (κ3) is 4.05. The summed E-state index contributed by atoms with van der Waals surface area (Å²) in [6, 6.07) is 0. The van der Waals surface area contributed by atoms with E-state index in [4.69, 9.17) is 10.5 Å². The van der Waals surface area contributed by atoms with Crippen molar-refractivity contribution in [3.63, 3.8) is 0 Å². The molecular formula is C7H14N4OS. The molecule has 1 aromatic heterocycles. The zero-order valence-electron chi connectivity index (χ0n) is 7.62. The van der Waals surface area contributed by atoms with E-state index in [2.05, 4.69) is 15.5 Å². The highest BCUT2D eigenvalue weighted by atomic mass is 32.1. The molecule has 0 spiro atoms. The van der Waals surface area contributed by atoms with Crippen LogP contribution >= 0.6 is 11.3 Å². The van der Waals surface area contributed by atoms with E-state index in [-0.39, 0.29) is 0 Å². The first-order valence-electron chi connectivity index (χ1n) is 4.16. The van der Waals surface area contributed by atoms with Crippen molar-refractivity contribution < 1.29 is 4.74 Å². The number of nitrogens with one attached hydrogen (secondary N) is 1. The SMILES string of the molecule is C1CCNC1.COc1nnc(N)s1. The predicted octanol–water partition coefficient (Wildman–Crippen LogP) is 0.499. The number of aromatic nitrogens is 2. The van der Waals surface area contributed by atoms with Gasteiger partial charge in [0.25, 0.3) is 5.19 Å². The van der Waals surface area contributed by atoms with Gasteiger partial charge in [-0.25, -0.2) is 0 Å². The van der Waals surface area contributed by atoms with E-state index in [0.717, 1.165) is 0 Å². The van der Waals surface area contributed by atoms with E-state index in [0.29, 0.717) is 10.3 Å². The number of nitrogens with two attached hydrogens (primary N) is 1. The van der Waals surface area contributed by atoms with E-state index < -0.39 is 0 Å².